The predicted molar refractivity (Wildman–Crippen MR) is 91.0 cm³/mol. The summed E-state index contributed by atoms with van der Waals surface area (Å²) in [6.07, 6.45) is 4.92. The van der Waals surface area contributed by atoms with Gasteiger partial charge >= 0.3 is 0 Å². The number of nitrogens with zero attached hydrogens (tertiary/aromatic N) is 3. The van der Waals surface area contributed by atoms with Crippen molar-refractivity contribution in [1.82, 2.24) is 14.5 Å². The Kier molecular flexibility index (Phi) is 5.30. The van der Waals surface area contributed by atoms with E-state index in [1.54, 1.807) is 29.2 Å². The molecule has 0 N–H and O–H groups in total. The summed E-state index contributed by atoms with van der Waals surface area (Å²) >= 11 is 3.20. The molecule has 1 amide bonds. The zero-order chi connectivity index (χ0) is 17.1. The van der Waals surface area contributed by atoms with Crippen molar-refractivity contribution in [1.29, 1.82) is 0 Å². The molecular formula is C17H19BrFN3O2. The average molecular weight is 396 g/mol. The topological polar surface area (TPSA) is 47.4 Å². The molecule has 0 atom stereocenters. The third kappa shape index (κ3) is 3.84. The van der Waals surface area contributed by atoms with E-state index < -0.39 is 0 Å². The molecule has 0 spiro atoms. The van der Waals surface area contributed by atoms with Gasteiger partial charge in [0.1, 0.15) is 11.5 Å². The number of aromatic nitrogens is 2. The highest BCUT2D eigenvalue weighted by atomic mass is 79.9. The number of carbonyl (C=O) groups is 1. The molecule has 24 heavy (non-hydrogen) atoms. The number of imidazole rings is 1. The van der Waals surface area contributed by atoms with Gasteiger partial charge in [-0.3, -0.25) is 4.79 Å². The molecule has 128 valence electrons. The number of carbonyl (C=O) groups excluding carboxylic acids is 1. The van der Waals surface area contributed by atoms with Crippen molar-refractivity contribution in [2.75, 3.05) is 13.2 Å². The summed E-state index contributed by atoms with van der Waals surface area (Å²) in [4.78, 5) is 18.9. The maximum atomic E-state index is 13.5. The fraction of sp³-hybridized carbons (Fsp3) is 0.412. The SMILES string of the molecule is Cn1cnc(C(=O)N(Cc2ccc(F)c(Br)c2)C2CCOCC2)c1. The molecule has 0 unspecified atom stereocenters. The lowest BCUT2D eigenvalue weighted by Crippen LogP contribution is -2.43. The second kappa shape index (κ2) is 7.44. The molecule has 0 bridgehead atoms. The molecule has 1 saturated heterocycles. The van der Waals surface area contributed by atoms with E-state index in [2.05, 4.69) is 20.9 Å². The zero-order valence-corrected chi connectivity index (χ0v) is 15.0. The van der Waals surface area contributed by atoms with Crippen molar-refractivity contribution >= 4 is 21.8 Å². The van der Waals surface area contributed by atoms with Crippen LogP contribution in [0.4, 0.5) is 4.39 Å². The summed E-state index contributed by atoms with van der Waals surface area (Å²) in [7, 11) is 1.83. The average Bonchev–Trinajstić information content (AvgIpc) is 3.02. The van der Waals surface area contributed by atoms with Crippen molar-refractivity contribution in [2.24, 2.45) is 7.05 Å². The number of hydrogen-bond acceptors (Lipinski definition) is 3. The number of amides is 1. The summed E-state index contributed by atoms with van der Waals surface area (Å²) in [5, 5.41) is 0. The molecular weight excluding hydrogens is 377 g/mol. The molecule has 1 aromatic carbocycles. The first-order chi connectivity index (χ1) is 11.5. The van der Waals surface area contributed by atoms with Gasteiger partial charge in [-0.05, 0) is 46.5 Å². The van der Waals surface area contributed by atoms with E-state index >= 15 is 0 Å². The van der Waals surface area contributed by atoms with Crippen molar-refractivity contribution in [3.8, 4) is 0 Å². The van der Waals surface area contributed by atoms with E-state index in [1.165, 1.54) is 6.07 Å². The maximum absolute atomic E-state index is 13.5. The Balaban J connectivity index is 1.86. The van der Waals surface area contributed by atoms with Gasteiger partial charge in [-0.1, -0.05) is 6.07 Å². The van der Waals surface area contributed by atoms with Gasteiger partial charge in [-0.2, -0.15) is 0 Å². The van der Waals surface area contributed by atoms with Crippen molar-refractivity contribution < 1.29 is 13.9 Å². The molecule has 0 aliphatic carbocycles. The first-order valence-electron chi connectivity index (χ1n) is 7.85. The molecule has 1 aliphatic rings. The van der Waals surface area contributed by atoms with Crippen LogP contribution in [-0.2, 0) is 18.3 Å². The molecule has 1 fully saturated rings. The maximum Gasteiger partial charge on any atom is 0.274 e. The van der Waals surface area contributed by atoms with E-state index in [4.69, 9.17) is 4.74 Å². The smallest absolute Gasteiger partial charge is 0.274 e. The lowest BCUT2D eigenvalue weighted by molar-refractivity contribution is 0.0264. The minimum atomic E-state index is -0.313. The molecule has 1 aliphatic heterocycles. The van der Waals surface area contributed by atoms with Crippen LogP contribution in [0, 0.1) is 5.82 Å². The van der Waals surface area contributed by atoms with Crippen LogP contribution < -0.4 is 0 Å². The van der Waals surface area contributed by atoms with Crippen molar-refractivity contribution in [3.63, 3.8) is 0 Å². The van der Waals surface area contributed by atoms with Gasteiger partial charge in [0.2, 0.25) is 0 Å². The minimum Gasteiger partial charge on any atom is -0.381 e. The fourth-order valence-electron chi connectivity index (χ4n) is 2.87. The van der Waals surface area contributed by atoms with Crippen LogP contribution in [0.3, 0.4) is 0 Å². The Labute approximate surface area is 148 Å². The highest BCUT2D eigenvalue weighted by molar-refractivity contribution is 9.10. The third-order valence-corrected chi connectivity index (χ3v) is 4.76. The van der Waals surface area contributed by atoms with Gasteiger partial charge in [0.25, 0.3) is 5.91 Å². The van der Waals surface area contributed by atoms with Gasteiger partial charge in [0.05, 0.1) is 10.8 Å². The number of benzene rings is 1. The standard InChI is InChI=1S/C17H19BrFN3O2/c1-21-10-16(20-11-21)17(23)22(13-4-6-24-7-5-13)9-12-2-3-15(19)14(18)8-12/h2-3,8,10-11,13H,4-7,9H2,1H3. The number of hydrogen-bond donors (Lipinski definition) is 0. The van der Waals surface area contributed by atoms with Crippen LogP contribution in [0.5, 0.6) is 0 Å². The summed E-state index contributed by atoms with van der Waals surface area (Å²) in [6.45, 7) is 1.70. The van der Waals surface area contributed by atoms with Crippen molar-refractivity contribution in [2.45, 2.75) is 25.4 Å². The molecule has 2 heterocycles. The Morgan fingerprint density at radius 1 is 1.46 bits per heavy atom. The van der Waals surface area contributed by atoms with E-state index in [0.29, 0.717) is 29.9 Å². The molecule has 2 aromatic rings. The summed E-state index contributed by atoms with van der Waals surface area (Å²) < 4.78 is 21.0. The predicted octanol–water partition coefficient (Wildman–Crippen LogP) is 3.14. The highest BCUT2D eigenvalue weighted by Crippen LogP contribution is 2.23. The molecule has 5 nitrogen and oxygen atoms in total. The number of rotatable bonds is 4. The van der Waals surface area contributed by atoms with E-state index in [0.717, 1.165) is 18.4 Å². The molecule has 0 radical (unpaired) electrons. The Morgan fingerprint density at radius 3 is 2.83 bits per heavy atom. The van der Waals surface area contributed by atoms with Crippen LogP contribution in [0.2, 0.25) is 0 Å². The van der Waals surface area contributed by atoms with Crippen LogP contribution >= 0.6 is 15.9 Å². The van der Waals surface area contributed by atoms with Crippen LogP contribution in [0.25, 0.3) is 0 Å². The van der Waals surface area contributed by atoms with E-state index in [1.807, 2.05) is 11.9 Å². The quantitative estimate of drug-likeness (QED) is 0.798. The van der Waals surface area contributed by atoms with Crippen LogP contribution in [0.15, 0.2) is 35.2 Å². The first-order valence-corrected chi connectivity index (χ1v) is 8.64. The normalized spacial score (nSPS) is 15.5. The van der Waals surface area contributed by atoms with Crippen molar-refractivity contribution in [3.05, 3.63) is 52.3 Å². The Bertz CT molecular complexity index is 728. The fourth-order valence-corrected chi connectivity index (χ4v) is 3.29. The Hall–Kier alpha value is -1.73. The number of ether oxygens (including phenoxy) is 1. The van der Waals surface area contributed by atoms with Gasteiger partial charge < -0.3 is 14.2 Å². The van der Waals surface area contributed by atoms with Gasteiger partial charge in [0.15, 0.2) is 0 Å². The van der Waals surface area contributed by atoms with E-state index in [9.17, 15) is 9.18 Å². The highest BCUT2D eigenvalue weighted by Gasteiger charge is 2.28. The summed E-state index contributed by atoms with van der Waals surface area (Å²) in [5.41, 5.74) is 1.30. The van der Waals surface area contributed by atoms with E-state index in [-0.39, 0.29) is 17.8 Å². The second-order valence-electron chi connectivity index (χ2n) is 5.95. The number of halogens is 2. The molecule has 0 saturated carbocycles. The molecule has 1 aromatic heterocycles. The summed E-state index contributed by atoms with van der Waals surface area (Å²) in [6, 6.07) is 4.93. The molecule has 7 heteroatoms. The first kappa shape index (κ1) is 17.1. The van der Waals surface area contributed by atoms with Crippen LogP contribution in [-0.4, -0.2) is 39.6 Å². The monoisotopic (exact) mass is 395 g/mol. The number of aryl methyl sites for hydroxylation is 1. The van der Waals surface area contributed by atoms with Gasteiger partial charge in [0, 0.05) is 39.0 Å². The largest absolute Gasteiger partial charge is 0.381 e. The minimum absolute atomic E-state index is 0.0945. The lowest BCUT2D eigenvalue weighted by Gasteiger charge is -2.34. The second-order valence-corrected chi connectivity index (χ2v) is 6.80. The van der Waals surface area contributed by atoms with Gasteiger partial charge in [-0.15, -0.1) is 0 Å². The third-order valence-electron chi connectivity index (χ3n) is 4.15. The zero-order valence-electron chi connectivity index (χ0n) is 13.4. The van der Waals surface area contributed by atoms with Gasteiger partial charge in [-0.25, -0.2) is 9.37 Å². The van der Waals surface area contributed by atoms with Crippen LogP contribution in [0.1, 0.15) is 28.9 Å². The Morgan fingerprint density at radius 2 is 2.21 bits per heavy atom. The summed E-state index contributed by atoms with van der Waals surface area (Å²) in [5.74, 6) is -0.421. The molecule has 3 rings (SSSR count). The lowest BCUT2D eigenvalue weighted by atomic mass is 10.0.